The Labute approximate surface area is 191 Å². The van der Waals surface area contributed by atoms with Crippen molar-refractivity contribution in [1.29, 1.82) is 0 Å². The first-order chi connectivity index (χ1) is 16.0. The maximum atomic E-state index is 13.9. The highest BCUT2D eigenvalue weighted by Gasteiger charge is 2.27. The number of aliphatic hydroxyl groups excluding tert-OH is 1. The number of hydrogen-bond donors (Lipinski definition) is 2. The molecule has 168 valence electrons. The Bertz CT molecular complexity index is 1310. The third-order valence-electron chi connectivity index (χ3n) is 5.60. The Morgan fingerprint density at radius 1 is 1.03 bits per heavy atom. The first-order valence-corrected chi connectivity index (χ1v) is 10.9. The first kappa shape index (κ1) is 22.4. The van der Waals surface area contributed by atoms with Gasteiger partial charge in [0.2, 0.25) is 5.95 Å². The molecule has 0 aliphatic carbocycles. The summed E-state index contributed by atoms with van der Waals surface area (Å²) < 4.78 is 13.9. The minimum absolute atomic E-state index is 0.0158. The highest BCUT2D eigenvalue weighted by atomic mass is 19.1. The van der Waals surface area contributed by atoms with E-state index in [-0.39, 0.29) is 24.2 Å². The van der Waals surface area contributed by atoms with E-state index in [1.165, 1.54) is 12.1 Å². The molecule has 1 aliphatic heterocycles. The molecule has 0 fully saturated rings. The molecule has 0 saturated carbocycles. The molecule has 33 heavy (non-hydrogen) atoms. The van der Waals surface area contributed by atoms with Crippen molar-refractivity contribution in [3.05, 3.63) is 88.9 Å². The normalized spacial score (nSPS) is 12.3. The van der Waals surface area contributed by atoms with Gasteiger partial charge in [0.1, 0.15) is 11.5 Å². The molecule has 2 heterocycles. The topological polar surface area (TPSA) is 92.3 Å². The fraction of sp³-hybridized carbons (Fsp3) is 0.192. The van der Waals surface area contributed by atoms with Gasteiger partial charge in [0.05, 0.1) is 12.1 Å². The molecule has 3 aromatic carbocycles. The van der Waals surface area contributed by atoms with Crippen molar-refractivity contribution < 1.29 is 14.3 Å². The summed E-state index contributed by atoms with van der Waals surface area (Å²) in [6, 6.07) is 17.4. The fourth-order valence-electron chi connectivity index (χ4n) is 4.06. The van der Waals surface area contributed by atoms with Gasteiger partial charge in [0.15, 0.2) is 0 Å². The van der Waals surface area contributed by atoms with Gasteiger partial charge in [-0.1, -0.05) is 50.2 Å². The van der Waals surface area contributed by atoms with E-state index in [1.807, 2.05) is 38.1 Å². The van der Waals surface area contributed by atoms with Gasteiger partial charge in [-0.2, -0.15) is 0 Å². The summed E-state index contributed by atoms with van der Waals surface area (Å²) in [4.78, 5) is 23.6. The van der Waals surface area contributed by atoms with Crippen LogP contribution in [0.15, 0.2) is 60.7 Å². The number of fused-ring (bicyclic) bond motifs is 2. The van der Waals surface area contributed by atoms with E-state index in [0.29, 0.717) is 40.7 Å². The Kier molecular flexibility index (Phi) is 6.33. The summed E-state index contributed by atoms with van der Waals surface area (Å²) in [5.41, 5.74) is 10.6. The Hall–Kier alpha value is -3.84. The quantitative estimate of drug-likeness (QED) is 0.478. The average Bonchev–Trinajstić information content (AvgIpc) is 3.28. The molecule has 0 bridgehead atoms. The monoisotopic (exact) mass is 444 g/mol. The highest BCUT2D eigenvalue weighted by Crippen LogP contribution is 2.31. The second kappa shape index (κ2) is 9.34. The van der Waals surface area contributed by atoms with Crippen molar-refractivity contribution in [3.8, 4) is 11.1 Å². The Morgan fingerprint density at radius 3 is 2.39 bits per heavy atom. The van der Waals surface area contributed by atoms with Crippen molar-refractivity contribution in [2.45, 2.75) is 33.5 Å². The molecular weight excluding hydrogens is 419 g/mol. The van der Waals surface area contributed by atoms with E-state index < -0.39 is 5.82 Å². The van der Waals surface area contributed by atoms with Crippen LogP contribution in [0.2, 0.25) is 0 Å². The lowest BCUT2D eigenvalue weighted by atomic mass is 9.97. The van der Waals surface area contributed by atoms with Crippen LogP contribution in [-0.4, -0.2) is 25.9 Å². The number of nitrogens with two attached hydrogens (primary N) is 1. The lowest BCUT2D eigenvalue weighted by Gasteiger charge is -2.17. The molecule has 1 amide bonds. The molecule has 0 atom stereocenters. The van der Waals surface area contributed by atoms with Gasteiger partial charge < -0.3 is 15.7 Å². The van der Waals surface area contributed by atoms with Crippen LogP contribution in [0.5, 0.6) is 0 Å². The summed E-state index contributed by atoms with van der Waals surface area (Å²) in [7, 11) is 0. The number of hydrogen-bond acceptors (Lipinski definition) is 5. The molecule has 5 rings (SSSR count). The zero-order valence-corrected chi connectivity index (χ0v) is 18.5. The van der Waals surface area contributed by atoms with Gasteiger partial charge >= 0.3 is 0 Å². The van der Waals surface area contributed by atoms with Crippen LogP contribution in [-0.2, 0) is 19.7 Å². The zero-order chi connectivity index (χ0) is 23.5. The van der Waals surface area contributed by atoms with Crippen LogP contribution in [0.4, 0.5) is 10.3 Å². The lowest BCUT2D eigenvalue weighted by molar-refractivity contribution is 0.0747. The lowest BCUT2D eigenvalue weighted by Crippen LogP contribution is -2.27. The van der Waals surface area contributed by atoms with Crippen molar-refractivity contribution in [3.63, 3.8) is 0 Å². The first-order valence-electron chi connectivity index (χ1n) is 10.9. The molecule has 6 nitrogen and oxygen atoms in total. The molecule has 7 heteroatoms. The van der Waals surface area contributed by atoms with Gasteiger partial charge in [0.25, 0.3) is 5.91 Å². The van der Waals surface area contributed by atoms with Crippen molar-refractivity contribution in [2.75, 3.05) is 5.73 Å². The predicted octanol–water partition coefficient (Wildman–Crippen LogP) is 4.69. The minimum atomic E-state index is -0.410. The molecule has 1 aromatic heterocycles. The smallest absolute Gasteiger partial charge is 0.273 e. The number of rotatable bonds is 3. The van der Waals surface area contributed by atoms with E-state index in [1.54, 1.807) is 29.2 Å². The van der Waals surface area contributed by atoms with E-state index in [9.17, 15) is 14.3 Å². The Morgan fingerprint density at radius 2 is 1.73 bits per heavy atom. The van der Waals surface area contributed by atoms with Gasteiger partial charge in [-0.3, -0.25) is 4.79 Å². The number of aromatic nitrogens is 2. The standard InChI is InChI=1S/C24H19FN4O2.C2H6/c25-18-7-5-17(13-30)19(10-18)14-6-8-21-20(9-14)22(28-24(26)27-21)23(31)29-11-15-3-1-2-4-16(15)12-29;1-2/h1-10,30H,11-13H2,(H2,26,27,28);1-2H3. The van der Waals surface area contributed by atoms with Crippen LogP contribution in [0.25, 0.3) is 22.0 Å². The van der Waals surface area contributed by atoms with Gasteiger partial charge in [-0.25, -0.2) is 14.4 Å². The second-order valence-electron chi connectivity index (χ2n) is 7.55. The number of carbonyl (C=O) groups is 1. The number of aliphatic hydroxyl groups is 1. The van der Waals surface area contributed by atoms with Crippen molar-refractivity contribution >= 4 is 22.8 Å². The number of carbonyl (C=O) groups excluding carboxylic acids is 1. The fourth-order valence-corrected chi connectivity index (χ4v) is 4.06. The van der Waals surface area contributed by atoms with Gasteiger partial charge in [0, 0.05) is 18.5 Å². The molecule has 0 unspecified atom stereocenters. The SMILES string of the molecule is CC.Nc1nc(C(=O)N2Cc3ccccc3C2)c2cc(-c3cc(F)ccc3CO)ccc2n1. The summed E-state index contributed by atoms with van der Waals surface area (Å²) >= 11 is 0. The molecule has 4 aromatic rings. The third kappa shape index (κ3) is 4.27. The minimum Gasteiger partial charge on any atom is -0.392 e. The molecular formula is C26H25FN4O2. The number of amides is 1. The predicted molar refractivity (Wildman–Crippen MR) is 127 cm³/mol. The van der Waals surface area contributed by atoms with Crippen molar-refractivity contribution in [1.82, 2.24) is 14.9 Å². The number of benzene rings is 3. The number of anilines is 1. The number of halogens is 1. The molecule has 3 N–H and O–H groups in total. The maximum absolute atomic E-state index is 13.9. The summed E-state index contributed by atoms with van der Waals surface area (Å²) in [6.45, 7) is 4.76. The van der Waals surface area contributed by atoms with Gasteiger partial charge in [-0.05, 0) is 52.1 Å². The van der Waals surface area contributed by atoms with Crippen LogP contribution in [0.3, 0.4) is 0 Å². The number of nitrogens with zero attached hydrogens (tertiary/aromatic N) is 3. The van der Waals surface area contributed by atoms with Crippen LogP contribution < -0.4 is 5.73 Å². The molecule has 0 spiro atoms. The summed E-state index contributed by atoms with van der Waals surface area (Å²) in [5.74, 6) is -0.636. The van der Waals surface area contributed by atoms with E-state index >= 15 is 0 Å². The second-order valence-corrected chi connectivity index (χ2v) is 7.55. The van der Waals surface area contributed by atoms with Crippen molar-refractivity contribution in [2.24, 2.45) is 0 Å². The van der Waals surface area contributed by atoms with E-state index in [2.05, 4.69) is 9.97 Å². The third-order valence-corrected chi connectivity index (χ3v) is 5.60. The Balaban J connectivity index is 0.00000126. The summed E-state index contributed by atoms with van der Waals surface area (Å²) in [5, 5.41) is 10.2. The van der Waals surface area contributed by atoms with Crippen LogP contribution in [0.1, 0.15) is 41.0 Å². The van der Waals surface area contributed by atoms with Gasteiger partial charge in [-0.15, -0.1) is 0 Å². The zero-order valence-electron chi connectivity index (χ0n) is 18.5. The highest BCUT2D eigenvalue weighted by molar-refractivity contribution is 6.05. The average molecular weight is 445 g/mol. The van der Waals surface area contributed by atoms with Crippen LogP contribution in [0, 0.1) is 5.82 Å². The maximum Gasteiger partial charge on any atom is 0.273 e. The largest absolute Gasteiger partial charge is 0.392 e. The van der Waals surface area contributed by atoms with Crippen LogP contribution >= 0.6 is 0 Å². The molecule has 0 saturated heterocycles. The summed E-state index contributed by atoms with van der Waals surface area (Å²) in [6.07, 6.45) is 0. The molecule has 1 aliphatic rings. The number of nitrogen functional groups attached to an aromatic ring is 1. The van der Waals surface area contributed by atoms with E-state index in [4.69, 9.17) is 5.73 Å². The van der Waals surface area contributed by atoms with E-state index in [0.717, 1.165) is 11.1 Å². The molecule has 0 radical (unpaired) electrons.